The second-order valence-corrected chi connectivity index (χ2v) is 4.85. The number of nitrogens with zero attached hydrogens (tertiary/aromatic N) is 4. The minimum absolute atomic E-state index is 0.416. The lowest BCUT2D eigenvalue weighted by Crippen LogP contribution is -2.16. The van der Waals surface area contributed by atoms with Crippen molar-refractivity contribution in [1.29, 1.82) is 0 Å². The molecule has 1 heterocycles. The third-order valence-corrected chi connectivity index (χ3v) is 2.85. The van der Waals surface area contributed by atoms with Crippen LogP contribution >= 0.6 is 15.9 Å². The van der Waals surface area contributed by atoms with Crippen molar-refractivity contribution in [1.82, 2.24) is 20.2 Å². The highest BCUT2D eigenvalue weighted by molar-refractivity contribution is 9.10. The maximum absolute atomic E-state index is 9.33. The van der Waals surface area contributed by atoms with Gasteiger partial charge < -0.3 is 5.11 Å². The molecule has 0 aliphatic carbocycles. The van der Waals surface area contributed by atoms with Crippen LogP contribution in [0.1, 0.15) is 18.3 Å². The molecule has 0 fully saturated rings. The zero-order chi connectivity index (χ0) is 12.3. The number of benzene rings is 1. The summed E-state index contributed by atoms with van der Waals surface area (Å²) in [6.07, 6.45) is 0.203. The normalized spacial score (nSPS) is 12.6. The summed E-state index contributed by atoms with van der Waals surface area (Å²) in [6.45, 7) is 2.13. The number of hydrogen-bond donors (Lipinski definition) is 1. The first-order valence-corrected chi connectivity index (χ1v) is 6.12. The van der Waals surface area contributed by atoms with Crippen LogP contribution in [0.4, 0.5) is 0 Å². The van der Waals surface area contributed by atoms with Crippen LogP contribution in [0.25, 0.3) is 0 Å². The topological polar surface area (TPSA) is 63.8 Å². The van der Waals surface area contributed by atoms with E-state index in [1.54, 1.807) is 11.6 Å². The van der Waals surface area contributed by atoms with E-state index >= 15 is 0 Å². The summed E-state index contributed by atoms with van der Waals surface area (Å²) < 4.78 is 2.68. The molecule has 1 unspecified atom stereocenters. The van der Waals surface area contributed by atoms with Gasteiger partial charge in [-0.25, -0.2) is 4.68 Å². The van der Waals surface area contributed by atoms with Gasteiger partial charge in [0.05, 0.1) is 12.6 Å². The van der Waals surface area contributed by atoms with Crippen LogP contribution in [0, 0.1) is 0 Å². The molecule has 5 nitrogen and oxygen atoms in total. The third kappa shape index (κ3) is 3.34. The van der Waals surface area contributed by atoms with E-state index in [-0.39, 0.29) is 0 Å². The summed E-state index contributed by atoms with van der Waals surface area (Å²) in [5, 5.41) is 20.8. The maximum atomic E-state index is 9.33. The van der Waals surface area contributed by atoms with Crippen molar-refractivity contribution >= 4 is 15.9 Å². The Kier molecular flexibility index (Phi) is 3.86. The second kappa shape index (κ2) is 5.37. The van der Waals surface area contributed by atoms with Crippen molar-refractivity contribution in [3.63, 3.8) is 0 Å². The fourth-order valence-electron chi connectivity index (χ4n) is 1.53. The van der Waals surface area contributed by atoms with Crippen LogP contribution in [0.2, 0.25) is 0 Å². The van der Waals surface area contributed by atoms with Crippen LogP contribution < -0.4 is 0 Å². The first-order valence-electron chi connectivity index (χ1n) is 5.32. The standard InChI is InChI=1S/C11H13BrN4O/c1-8(17)7-16-11(13-14-15-16)6-9-2-4-10(12)5-3-9/h2-5,8,17H,6-7H2,1H3. The Morgan fingerprint density at radius 1 is 1.35 bits per heavy atom. The Morgan fingerprint density at radius 2 is 2.06 bits per heavy atom. The van der Waals surface area contributed by atoms with Gasteiger partial charge >= 0.3 is 0 Å². The van der Waals surface area contributed by atoms with Crippen molar-refractivity contribution in [2.45, 2.75) is 26.0 Å². The predicted octanol–water partition coefficient (Wildman–Crippen LogP) is 1.41. The van der Waals surface area contributed by atoms with Crippen molar-refractivity contribution in [3.8, 4) is 0 Å². The zero-order valence-electron chi connectivity index (χ0n) is 9.41. The molecule has 1 atom stereocenters. The van der Waals surface area contributed by atoms with E-state index in [0.29, 0.717) is 13.0 Å². The minimum atomic E-state index is -0.456. The lowest BCUT2D eigenvalue weighted by Gasteiger charge is -2.06. The number of hydrogen-bond acceptors (Lipinski definition) is 4. The molecule has 2 aromatic rings. The molecule has 0 bridgehead atoms. The lowest BCUT2D eigenvalue weighted by molar-refractivity contribution is 0.166. The van der Waals surface area contributed by atoms with Gasteiger partial charge in [0.1, 0.15) is 0 Å². The quantitative estimate of drug-likeness (QED) is 0.926. The molecule has 0 amide bonds. The molecule has 6 heteroatoms. The Labute approximate surface area is 108 Å². The molecular weight excluding hydrogens is 284 g/mol. The first-order chi connectivity index (χ1) is 8.15. The van der Waals surface area contributed by atoms with Crippen LogP contribution in [-0.4, -0.2) is 31.4 Å². The van der Waals surface area contributed by atoms with Crippen LogP contribution in [0.3, 0.4) is 0 Å². The number of tetrazole rings is 1. The predicted molar refractivity (Wildman–Crippen MR) is 66.4 cm³/mol. The second-order valence-electron chi connectivity index (χ2n) is 3.93. The largest absolute Gasteiger partial charge is 0.391 e. The van der Waals surface area contributed by atoms with E-state index in [1.807, 2.05) is 24.3 Å². The molecule has 0 spiro atoms. The number of rotatable bonds is 4. The van der Waals surface area contributed by atoms with Gasteiger partial charge in [-0.2, -0.15) is 0 Å². The fraction of sp³-hybridized carbons (Fsp3) is 0.364. The van der Waals surface area contributed by atoms with E-state index in [1.165, 1.54) is 0 Å². The van der Waals surface area contributed by atoms with Crippen molar-refractivity contribution in [2.24, 2.45) is 0 Å². The molecule has 90 valence electrons. The Morgan fingerprint density at radius 3 is 2.71 bits per heavy atom. The summed E-state index contributed by atoms with van der Waals surface area (Å²) in [5.74, 6) is 0.758. The van der Waals surface area contributed by atoms with Gasteiger partial charge in [-0.3, -0.25) is 0 Å². The summed E-state index contributed by atoms with van der Waals surface area (Å²) >= 11 is 3.39. The van der Waals surface area contributed by atoms with Crippen molar-refractivity contribution < 1.29 is 5.11 Å². The highest BCUT2D eigenvalue weighted by Crippen LogP contribution is 2.12. The summed E-state index contributed by atoms with van der Waals surface area (Å²) in [6, 6.07) is 8.01. The molecule has 1 N–H and O–H groups in total. The van der Waals surface area contributed by atoms with Gasteiger partial charge in [0.2, 0.25) is 0 Å². The van der Waals surface area contributed by atoms with E-state index in [9.17, 15) is 5.11 Å². The molecule has 0 aliphatic heterocycles. The Bertz CT molecular complexity index is 480. The number of halogens is 1. The Hall–Kier alpha value is -1.27. The minimum Gasteiger partial charge on any atom is -0.391 e. The molecule has 17 heavy (non-hydrogen) atoms. The zero-order valence-corrected chi connectivity index (χ0v) is 11.0. The van der Waals surface area contributed by atoms with E-state index in [2.05, 4.69) is 31.5 Å². The van der Waals surface area contributed by atoms with Crippen LogP contribution in [0.5, 0.6) is 0 Å². The summed E-state index contributed by atoms with van der Waals surface area (Å²) in [7, 11) is 0. The van der Waals surface area contributed by atoms with Gasteiger partial charge in [-0.15, -0.1) is 5.10 Å². The van der Waals surface area contributed by atoms with Gasteiger partial charge in [-0.1, -0.05) is 28.1 Å². The van der Waals surface area contributed by atoms with Gasteiger partial charge in [0, 0.05) is 10.9 Å². The fourth-order valence-corrected chi connectivity index (χ4v) is 1.79. The number of aliphatic hydroxyl groups is 1. The molecule has 0 aliphatic rings. The van der Waals surface area contributed by atoms with Crippen molar-refractivity contribution in [3.05, 3.63) is 40.1 Å². The molecule has 0 saturated carbocycles. The molecular formula is C11H13BrN4O. The lowest BCUT2D eigenvalue weighted by atomic mass is 10.1. The number of aromatic nitrogens is 4. The Balaban J connectivity index is 2.13. The van der Waals surface area contributed by atoms with Crippen LogP contribution in [-0.2, 0) is 13.0 Å². The summed E-state index contributed by atoms with van der Waals surface area (Å²) in [4.78, 5) is 0. The van der Waals surface area contributed by atoms with E-state index in [0.717, 1.165) is 15.9 Å². The summed E-state index contributed by atoms with van der Waals surface area (Å²) in [5.41, 5.74) is 1.13. The average Bonchev–Trinajstić information content (AvgIpc) is 2.68. The van der Waals surface area contributed by atoms with Gasteiger partial charge in [-0.05, 0) is 35.0 Å². The third-order valence-electron chi connectivity index (χ3n) is 2.32. The van der Waals surface area contributed by atoms with E-state index in [4.69, 9.17) is 0 Å². The van der Waals surface area contributed by atoms with E-state index < -0.39 is 6.10 Å². The van der Waals surface area contributed by atoms with Gasteiger partial charge in [0.15, 0.2) is 5.82 Å². The smallest absolute Gasteiger partial charge is 0.155 e. The highest BCUT2D eigenvalue weighted by atomic mass is 79.9. The van der Waals surface area contributed by atoms with Crippen LogP contribution in [0.15, 0.2) is 28.7 Å². The van der Waals surface area contributed by atoms with Gasteiger partial charge in [0.25, 0.3) is 0 Å². The molecule has 2 rings (SSSR count). The molecule has 0 saturated heterocycles. The average molecular weight is 297 g/mol. The monoisotopic (exact) mass is 296 g/mol. The molecule has 0 radical (unpaired) electrons. The molecule has 1 aromatic heterocycles. The maximum Gasteiger partial charge on any atom is 0.155 e. The SMILES string of the molecule is CC(O)Cn1nnnc1Cc1ccc(Br)cc1. The number of aliphatic hydroxyl groups excluding tert-OH is 1. The van der Waals surface area contributed by atoms with Crippen molar-refractivity contribution in [2.75, 3.05) is 0 Å². The highest BCUT2D eigenvalue weighted by Gasteiger charge is 2.08. The first kappa shape index (κ1) is 12.2. The molecule has 1 aromatic carbocycles.